The first-order chi connectivity index (χ1) is 6.65. The first-order valence-electron chi connectivity index (χ1n) is 5.70. The van der Waals surface area contributed by atoms with Gasteiger partial charge in [0.15, 0.2) is 0 Å². The third-order valence-electron chi connectivity index (χ3n) is 3.18. The van der Waals surface area contributed by atoms with Crippen LogP contribution in [0.3, 0.4) is 0 Å². The highest BCUT2D eigenvalue weighted by atomic mass is 16.5. The topological polar surface area (TPSA) is 47.3 Å². The molecule has 3 N–H and O–H groups in total. The van der Waals surface area contributed by atoms with E-state index in [-0.39, 0.29) is 0 Å². The molecule has 0 spiro atoms. The molecule has 3 unspecified atom stereocenters. The maximum absolute atomic E-state index is 5.69. The van der Waals surface area contributed by atoms with Crippen molar-refractivity contribution in [2.75, 3.05) is 19.7 Å². The third-order valence-corrected chi connectivity index (χ3v) is 3.18. The van der Waals surface area contributed by atoms with Gasteiger partial charge in [0.1, 0.15) is 0 Å². The van der Waals surface area contributed by atoms with Gasteiger partial charge < -0.3 is 15.8 Å². The fourth-order valence-electron chi connectivity index (χ4n) is 1.87. The average molecular weight is 200 g/mol. The quantitative estimate of drug-likeness (QED) is 0.695. The maximum Gasteiger partial charge on any atom is 0.0725 e. The van der Waals surface area contributed by atoms with E-state index in [2.05, 4.69) is 26.1 Å². The molecule has 1 heterocycles. The summed E-state index contributed by atoms with van der Waals surface area (Å²) in [5.41, 5.74) is 5.69. The molecule has 0 radical (unpaired) electrons. The van der Waals surface area contributed by atoms with Gasteiger partial charge in [0.25, 0.3) is 0 Å². The van der Waals surface area contributed by atoms with Crippen LogP contribution in [0.25, 0.3) is 0 Å². The van der Waals surface area contributed by atoms with Crippen molar-refractivity contribution >= 4 is 0 Å². The number of hydrogen-bond acceptors (Lipinski definition) is 3. The zero-order valence-electron chi connectivity index (χ0n) is 9.62. The third kappa shape index (κ3) is 3.23. The second kappa shape index (κ2) is 5.69. The zero-order chi connectivity index (χ0) is 10.6. The van der Waals surface area contributed by atoms with Crippen LogP contribution in [0.4, 0.5) is 0 Å². The Bertz CT molecular complexity index is 159. The van der Waals surface area contributed by atoms with Crippen LogP contribution in [0.1, 0.15) is 27.2 Å². The van der Waals surface area contributed by atoms with Crippen LogP contribution >= 0.6 is 0 Å². The van der Waals surface area contributed by atoms with Crippen molar-refractivity contribution in [3.8, 4) is 0 Å². The van der Waals surface area contributed by atoms with Gasteiger partial charge in [-0.2, -0.15) is 0 Å². The SMILES string of the molecule is CC(C)C(CN)NCC1OCCC1C. The maximum atomic E-state index is 5.69. The number of hydrogen-bond donors (Lipinski definition) is 2. The van der Waals surface area contributed by atoms with Gasteiger partial charge in [-0.05, 0) is 18.3 Å². The van der Waals surface area contributed by atoms with Gasteiger partial charge >= 0.3 is 0 Å². The van der Waals surface area contributed by atoms with E-state index in [9.17, 15) is 0 Å². The van der Waals surface area contributed by atoms with Gasteiger partial charge in [-0.1, -0.05) is 20.8 Å². The molecule has 1 aliphatic rings. The normalized spacial score (nSPS) is 29.8. The lowest BCUT2D eigenvalue weighted by molar-refractivity contribution is 0.0893. The van der Waals surface area contributed by atoms with E-state index in [1.807, 2.05) is 0 Å². The van der Waals surface area contributed by atoms with Gasteiger partial charge in [0.05, 0.1) is 6.10 Å². The molecule has 84 valence electrons. The minimum atomic E-state index is 0.391. The van der Waals surface area contributed by atoms with E-state index in [1.165, 1.54) is 6.42 Å². The molecule has 3 nitrogen and oxygen atoms in total. The monoisotopic (exact) mass is 200 g/mol. The van der Waals surface area contributed by atoms with Crippen LogP contribution in [-0.4, -0.2) is 31.8 Å². The second-order valence-corrected chi connectivity index (χ2v) is 4.67. The van der Waals surface area contributed by atoms with E-state index in [4.69, 9.17) is 10.5 Å². The van der Waals surface area contributed by atoms with Crippen molar-refractivity contribution in [1.29, 1.82) is 0 Å². The highest BCUT2D eigenvalue weighted by molar-refractivity contribution is 4.78. The number of rotatable bonds is 5. The van der Waals surface area contributed by atoms with E-state index in [1.54, 1.807) is 0 Å². The largest absolute Gasteiger partial charge is 0.377 e. The molecule has 3 atom stereocenters. The van der Waals surface area contributed by atoms with Gasteiger partial charge in [-0.25, -0.2) is 0 Å². The zero-order valence-corrected chi connectivity index (χ0v) is 9.62. The van der Waals surface area contributed by atoms with Crippen molar-refractivity contribution in [3.63, 3.8) is 0 Å². The van der Waals surface area contributed by atoms with Crippen molar-refractivity contribution in [3.05, 3.63) is 0 Å². The predicted octanol–water partition coefficient (Wildman–Crippen LogP) is 0.984. The lowest BCUT2D eigenvalue weighted by atomic mass is 10.0. The summed E-state index contributed by atoms with van der Waals surface area (Å²) in [5.74, 6) is 1.28. The van der Waals surface area contributed by atoms with Crippen molar-refractivity contribution in [1.82, 2.24) is 5.32 Å². The van der Waals surface area contributed by atoms with E-state index < -0.39 is 0 Å². The summed E-state index contributed by atoms with van der Waals surface area (Å²) in [6.45, 7) is 9.22. The highest BCUT2D eigenvalue weighted by Crippen LogP contribution is 2.19. The van der Waals surface area contributed by atoms with Gasteiger partial charge in [-0.15, -0.1) is 0 Å². The van der Waals surface area contributed by atoms with Gasteiger partial charge in [-0.3, -0.25) is 0 Å². The summed E-state index contributed by atoms with van der Waals surface area (Å²) >= 11 is 0. The smallest absolute Gasteiger partial charge is 0.0725 e. The molecule has 0 bridgehead atoms. The molecule has 1 rings (SSSR count). The first-order valence-corrected chi connectivity index (χ1v) is 5.70. The molecular formula is C11H24N2O. The summed E-state index contributed by atoms with van der Waals surface area (Å²) in [7, 11) is 0. The lowest BCUT2D eigenvalue weighted by Crippen LogP contribution is -2.44. The molecule has 1 aliphatic heterocycles. The molecule has 1 fully saturated rings. The Morgan fingerprint density at radius 1 is 1.50 bits per heavy atom. The minimum absolute atomic E-state index is 0.391. The average Bonchev–Trinajstić information content (AvgIpc) is 2.52. The summed E-state index contributed by atoms with van der Waals surface area (Å²) in [6, 6.07) is 0.423. The van der Waals surface area contributed by atoms with Crippen LogP contribution in [0.2, 0.25) is 0 Å². The van der Waals surface area contributed by atoms with Gasteiger partial charge in [0.2, 0.25) is 0 Å². The standard InChI is InChI=1S/C11H24N2O/c1-8(2)10(6-12)13-7-11-9(3)4-5-14-11/h8-11,13H,4-7,12H2,1-3H3. The van der Waals surface area contributed by atoms with Crippen LogP contribution < -0.4 is 11.1 Å². The predicted molar refractivity (Wildman–Crippen MR) is 59.2 cm³/mol. The molecule has 0 aromatic carbocycles. The molecule has 0 amide bonds. The van der Waals surface area contributed by atoms with Crippen molar-refractivity contribution in [2.24, 2.45) is 17.6 Å². The Kier molecular flexibility index (Phi) is 4.85. The first kappa shape index (κ1) is 12.0. The molecule has 14 heavy (non-hydrogen) atoms. The summed E-state index contributed by atoms with van der Waals surface area (Å²) in [5, 5.41) is 3.49. The summed E-state index contributed by atoms with van der Waals surface area (Å²) in [6.07, 6.45) is 1.59. The highest BCUT2D eigenvalue weighted by Gasteiger charge is 2.24. The van der Waals surface area contributed by atoms with Crippen LogP contribution in [-0.2, 0) is 4.74 Å². The summed E-state index contributed by atoms with van der Waals surface area (Å²) < 4.78 is 5.64. The number of ether oxygens (including phenoxy) is 1. The molecule has 0 aromatic heterocycles. The lowest BCUT2D eigenvalue weighted by Gasteiger charge is -2.23. The number of nitrogens with one attached hydrogen (secondary N) is 1. The summed E-state index contributed by atoms with van der Waals surface area (Å²) in [4.78, 5) is 0. The Labute approximate surface area is 87.4 Å². The van der Waals surface area contributed by atoms with Crippen molar-refractivity contribution in [2.45, 2.75) is 39.3 Å². The molecule has 3 heteroatoms. The van der Waals surface area contributed by atoms with Crippen LogP contribution in [0.5, 0.6) is 0 Å². The Balaban J connectivity index is 2.24. The molecule has 0 aliphatic carbocycles. The van der Waals surface area contributed by atoms with E-state index in [0.29, 0.717) is 30.5 Å². The van der Waals surface area contributed by atoms with Crippen LogP contribution in [0.15, 0.2) is 0 Å². The minimum Gasteiger partial charge on any atom is -0.377 e. The molecule has 0 saturated carbocycles. The second-order valence-electron chi connectivity index (χ2n) is 4.67. The van der Waals surface area contributed by atoms with Crippen LogP contribution in [0, 0.1) is 11.8 Å². The molecule has 0 aromatic rings. The molecule has 1 saturated heterocycles. The number of nitrogens with two attached hydrogens (primary N) is 1. The Morgan fingerprint density at radius 2 is 2.21 bits per heavy atom. The fourth-order valence-corrected chi connectivity index (χ4v) is 1.87. The van der Waals surface area contributed by atoms with Gasteiger partial charge in [0, 0.05) is 25.7 Å². The Morgan fingerprint density at radius 3 is 2.64 bits per heavy atom. The molecular weight excluding hydrogens is 176 g/mol. The van der Waals surface area contributed by atoms with E-state index in [0.717, 1.165) is 13.2 Å². The van der Waals surface area contributed by atoms with E-state index >= 15 is 0 Å². The Hall–Kier alpha value is -0.120. The fraction of sp³-hybridized carbons (Fsp3) is 1.00. The van der Waals surface area contributed by atoms with Crippen molar-refractivity contribution < 1.29 is 4.74 Å².